The number of likely N-dealkylation sites (N-methyl/N-ethyl adjacent to an activating group) is 1. The summed E-state index contributed by atoms with van der Waals surface area (Å²) >= 11 is 0. The zero-order valence-corrected chi connectivity index (χ0v) is 11.1. The molecule has 0 saturated carbocycles. The van der Waals surface area contributed by atoms with Crippen molar-refractivity contribution in [3.05, 3.63) is 11.8 Å². The first-order chi connectivity index (χ1) is 9.13. The van der Waals surface area contributed by atoms with Crippen LogP contribution < -0.4 is 10.6 Å². The molecule has 1 amide bonds. The number of hydrogen-bond donors (Lipinski definition) is 2. The lowest BCUT2D eigenvalue weighted by molar-refractivity contribution is -0.119. The molecule has 19 heavy (non-hydrogen) atoms. The quantitative estimate of drug-likeness (QED) is 0.677. The topological polar surface area (TPSA) is 93.6 Å². The number of aliphatic hydroxyl groups excluding tert-OH is 1. The Morgan fingerprint density at radius 3 is 3.11 bits per heavy atom. The van der Waals surface area contributed by atoms with Gasteiger partial charge in [0.25, 0.3) is 0 Å². The van der Waals surface area contributed by atoms with Gasteiger partial charge in [-0.2, -0.15) is 5.10 Å². The maximum absolute atomic E-state index is 11.9. The Balaban J connectivity index is 2.04. The van der Waals surface area contributed by atoms with Crippen molar-refractivity contribution >= 4 is 11.7 Å². The third-order valence-corrected chi connectivity index (χ3v) is 3.19. The summed E-state index contributed by atoms with van der Waals surface area (Å²) in [5.74, 6) is 0.692. The minimum Gasteiger partial charge on any atom is -0.394 e. The van der Waals surface area contributed by atoms with E-state index in [2.05, 4.69) is 5.10 Å². The predicted molar refractivity (Wildman–Crippen MR) is 69.8 cm³/mol. The molecule has 0 spiro atoms. The largest absolute Gasteiger partial charge is 0.394 e. The summed E-state index contributed by atoms with van der Waals surface area (Å²) in [4.78, 5) is 13.5. The second-order valence-electron chi connectivity index (χ2n) is 4.60. The van der Waals surface area contributed by atoms with Gasteiger partial charge in [0.2, 0.25) is 5.91 Å². The summed E-state index contributed by atoms with van der Waals surface area (Å²) in [6.07, 6.45) is 1.26. The van der Waals surface area contributed by atoms with Crippen molar-refractivity contribution in [3.63, 3.8) is 0 Å². The van der Waals surface area contributed by atoms with Gasteiger partial charge in [-0.15, -0.1) is 0 Å². The number of anilines is 1. The molecule has 106 valence electrons. The average Bonchev–Trinajstić information content (AvgIpc) is 2.78. The van der Waals surface area contributed by atoms with E-state index in [0.29, 0.717) is 32.6 Å². The van der Waals surface area contributed by atoms with Gasteiger partial charge in [0.15, 0.2) is 0 Å². The summed E-state index contributed by atoms with van der Waals surface area (Å²) in [7, 11) is 1.72. The number of nitrogens with two attached hydrogens (primary N) is 1. The van der Waals surface area contributed by atoms with Gasteiger partial charge in [-0.1, -0.05) is 0 Å². The minimum atomic E-state index is -0.456. The maximum Gasteiger partial charge on any atom is 0.244 e. The van der Waals surface area contributed by atoms with Crippen molar-refractivity contribution in [2.45, 2.75) is 25.4 Å². The van der Waals surface area contributed by atoms with Gasteiger partial charge in [0, 0.05) is 26.1 Å². The Hall–Kier alpha value is -1.44. The summed E-state index contributed by atoms with van der Waals surface area (Å²) in [6.45, 7) is 1.51. The standard InChI is InChI=1S/C12H20N4O3/c1-15-11-8-9(3-6-19-7-5-17)14-16(11)4-2-10(13)12(15)18/h8,10,17H,2-7,13H2,1H3. The highest BCUT2D eigenvalue weighted by molar-refractivity contribution is 5.96. The lowest BCUT2D eigenvalue weighted by Crippen LogP contribution is -2.40. The third-order valence-electron chi connectivity index (χ3n) is 3.19. The Kier molecular flexibility index (Phi) is 4.52. The Labute approximate surface area is 111 Å². The number of aryl methyl sites for hydroxylation is 1. The van der Waals surface area contributed by atoms with Crippen LogP contribution in [0, 0.1) is 0 Å². The highest BCUT2D eigenvalue weighted by atomic mass is 16.5. The molecule has 7 nitrogen and oxygen atoms in total. The third kappa shape index (κ3) is 3.12. The van der Waals surface area contributed by atoms with Crippen LogP contribution in [0.3, 0.4) is 0 Å². The number of hydrogen-bond acceptors (Lipinski definition) is 5. The molecule has 0 bridgehead atoms. The summed E-state index contributed by atoms with van der Waals surface area (Å²) < 4.78 is 7.02. The number of fused-ring (bicyclic) bond motifs is 1. The van der Waals surface area contributed by atoms with Crippen molar-refractivity contribution in [1.82, 2.24) is 9.78 Å². The molecule has 1 aromatic heterocycles. The molecule has 1 atom stereocenters. The monoisotopic (exact) mass is 268 g/mol. The molecular weight excluding hydrogens is 248 g/mol. The van der Waals surface area contributed by atoms with E-state index < -0.39 is 6.04 Å². The van der Waals surface area contributed by atoms with Crippen molar-refractivity contribution in [3.8, 4) is 0 Å². The Morgan fingerprint density at radius 2 is 2.37 bits per heavy atom. The first-order valence-corrected chi connectivity index (χ1v) is 6.42. The molecular formula is C12H20N4O3. The first kappa shape index (κ1) is 14.0. The fourth-order valence-corrected chi connectivity index (χ4v) is 2.11. The smallest absolute Gasteiger partial charge is 0.244 e. The fraction of sp³-hybridized carbons (Fsp3) is 0.667. The van der Waals surface area contributed by atoms with E-state index in [1.165, 1.54) is 0 Å². The predicted octanol–water partition coefficient (Wildman–Crippen LogP) is -0.872. The van der Waals surface area contributed by atoms with Gasteiger partial charge in [0.05, 0.1) is 31.6 Å². The second kappa shape index (κ2) is 6.14. The van der Waals surface area contributed by atoms with E-state index in [1.807, 2.05) is 10.7 Å². The van der Waals surface area contributed by atoms with Gasteiger partial charge in [-0.25, -0.2) is 4.68 Å². The van der Waals surface area contributed by atoms with Gasteiger partial charge in [-0.05, 0) is 6.42 Å². The molecule has 2 heterocycles. The highest BCUT2D eigenvalue weighted by Crippen LogP contribution is 2.20. The van der Waals surface area contributed by atoms with Gasteiger partial charge in [-0.3, -0.25) is 9.69 Å². The zero-order valence-electron chi connectivity index (χ0n) is 11.1. The number of rotatable bonds is 5. The molecule has 7 heteroatoms. The van der Waals surface area contributed by atoms with Crippen LogP contribution in [-0.4, -0.2) is 53.7 Å². The molecule has 3 N–H and O–H groups in total. The maximum atomic E-state index is 11.9. The van der Waals surface area contributed by atoms with E-state index in [-0.39, 0.29) is 12.5 Å². The molecule has 0 saturated heterocycles. The number of nitrogens with zero attached hydrogens (tertiary/aromatic N) is 3. The van der Waals surface area contributed by atoms with E-state index in [4.69, 9.17) is 15.6 Å². The SMILES string of the molecule is CN1C(=O)C(N)CCn2nc(CCOCCO)cc21. The summed E-state index contributed by atoms with van der Waals surface area (Å²) in [5, 5.41) is 13.1. The van der Waals surface area contributed by atoms with E-state index in [1.54, 1.807) is 11.9 Å². The van der Waals surface area contributed by atoms with Crippen LogP contribution in [0.15, 0.2) is 6.07 Å². The van der Waals surface area contributed by atoms with Crippen LogP contribution in [0.25, 0.3) is 0 Å². The normalized spacial score (nSPS) is 19.4. The number of carbonyl (C=O) groups is 1. The van der Waals surface area contributed by atoms with Crippen LogP contribution in [0.2, 0.25) is 0 Å². The van der Waals surface area contributed by atoms with Gasteiger partial charge < -0.3 is 15.6 Å². The molecule has 1 aromatic rings. The van der Waals surface area contributed by atoms with Crippen LogP contribution >= 0.6 is 0 Å². The van der Waals surface area contributed by atoms with Gasteiger partial charge >= 0.3 is 0 Å². The number of aromatic nitrogens is 2. The molecule has 1 aliphatic rings. The summed E-state index contributed by atoms with van der Waals surface area (Å²) in [6, 6.07) is 1.43. The highest BCUT2D eigenvalue weighted by Gasteiger charge is 2.26. The van der Waals surface area contributed by atoms with E-state index >= 15 is 0 Å². The lowest BCUT2D eigenvalue weighted by Gasteiger charge is -2.16. The number of ether oxygens (including phenoxy) is 1. The molecule has 1 aliphatic heterocycles. The van der Waals surface area contributed by atoms with Crippen LogP contribution in [0.1, 0.15) is 12.1 Å². The fourth-order valence-electron chi connectivity index (χ4n) is 2.11. The lowest BCUT2D eigenvalue weighted by atomic mass is 10.2. The number of amides is 1. The Bertz CT molecular complexity index is 446. The molecule has 0 radical (unpaired) electrons. The van der Waals surface area contributed by atoms with Crippen LogP contribution in [0.4, 0.5) is 5.82 Å². The van der Waals surface area contributed by atoms with E-state index in [0.717, 1.165) is 11.5 Å². The summed E-state index contributed by atoms with van der Waals surface area (Å²) in [5.41, 5.74) is 6.66. The van der Waals surface area contributed by atoms with Crippen molar-refractivity contribution < 1.29 is 14.6 Å². The Morgan fingerprint density at radius 1 is 1.58 bits per heavy atom. The average molecular weight is 268 g/mol. The van der Waals surface area contributed by atoms with Gasteiger partial charge in [0.1, 0.15) is 5.82 Å². The van der Waals surface area contributed by atoms with Crippen LogP contribution in [0.5, 0.6) is 0 Å². The first-order valence-electron chi connectivity index (χ1n) is 6.42. The molecule has 0 fully saturated rings. The molecule has 0 aliphatic carbocycles. The molecule has 1 unspecified atom stereocenters. The van der Waals surface area contributed by atoms with E-state index in [9.17, 15) is 4.79 Å². The number of carbonyl (C=O) groups excluding carboxylic acids is 1. The molecule has 2 rings (SSSR count). The zero-order chi connectivity index (χ0) is 13.8. The minimum absolute atomic E-state index is 0.0226. The van der Waals surface area contributed by atoms with Crippen molar-refractivity contribution in [1.29, 1.82) is 0 Å². The van der Waals surface area contributed by atoms with Crippen molar-refractivity contribution in [2.75, 3.05) is 31.8 Å². The van der Waals surface area contributed by atoms with Crippen LogP contribution in [-0.2, 0) is 22.5 Å². The number of aliphatic hydroxyl groups is 1. The van der Waals surface area contributed by atoms with Crippen molar-refractivity contribution in [2.24, 2.45) is 5.73 Å². The second-order valence-corrected chi connectivity index (χ2v) is 4.60. The molecule has 0 aromatic carbocycles.